The Balaban J connectivity index is 1.39. The van der Waals surface area contributed by atoms with Crippen molar-refractivity contribution >= 4 is 16.8 Å². The van der Waals surface area contributed by atoms with Crippen LogP contribution in [0.2, 0.25) is 0 Å². The Kier molecular flexibility index (Phi) is 3.97. The summed E-state index contributed by atoms with van der Waals surface area (Å²) in [5.41, 5.74) is 3.59. The first-order chi connectivity index (χ1) is 13.7. The van der Waals surface area contributed by atoms with E-state index in [-0.39, 0.29) is 5.56 Å². The number of nitrogens with one attached hydrogen (secondary N) is 1. The number of nitrogens with zero attached hydrogens (tertiary/aromatic N) is 3. The van der Waals surface area contributed by atoms with Crippen molar-refractivity contribution < 1.29 is 9.18 Å². The molecule has 0 radical (unpaired) electrons. The summed E-state index contributed by atoms with van der Waals surface area (Å²) in [7, 11) is 0. The molecule has 5 nitrogen and oxygen atoms in total. The number of carbonyl (C=O) groups excluding carboxylic acids is 1. The largest absolute Gasteiger partial charge is 0.345 e. The second-order valence-electron chi connectivity index (χ2n) is 7.11. The molecule has 1 N–H and O–H groups in total. The first kappa shape index (κ1) is 16.7. The van der Waals surface area contributed by atoms with E-state index in [9.17, 15) is 9.18 Å². The van der Waals surface area contributed by atoms with Gasteiger partial charge in [0.25, 0.3) is 0 Å². The van der Waals surface area contributed by atoms with E-state index < -0.39 is 11.7 Å². The van der Waals surface area contributed by atoms with Crippen LogP contribution in [0.15, 0.2) is 55.0 Å². The van der Waals surface area contributed by atoms with E-state index >= 15 is 0 Å². The molecule has 28 heavy (non-hydrogen) atoms. The van der Waals surface area contributed by atoms with E-state index in [0.29, 0.717) is 34.6 Å². The standard InChI is InChI=1S/C22H17FN4O/c23-21-17(20(28)18-12-26-22-16(18)2-1-9-24-22)7-6-15(27-21)10-13-3-8-19(25-11-13)14-4-5-14/h1-3,6-9,11-12,14H,4-5,10H2,(H,24,26). The van der Waals surface area contributed by atoms with Crippen LogP contribution in [0.25, 0.3) is 11.0 Å². The van der Waals surface area contributed by atoms with Crippen molar-refractivity contribution in [3.63, 3.8) is 0 Å². The maximum absolute atomic E-state index is 14.6. The summed E-state index contributed by atoms with van der Waals surface area (Å²) in [6, 6.07) is 10.8. The maximum atomic E-state index is 14.6. The van der Waals surface area contributed by atoms with E-state index in [1.165, 1.54) is 18.9 Å². The first-order valence-electron chi connectivity index (χ1n) is 9.26. The molecule has 0 aliphatic heterocycles. The number of carbonyl (C=O) groups is 1. The first-order valence-corrected chi connectivity index (χ1v) is 9.26. The van der Waals surface area contributed by atoms with Gasteiger partial charge in [0.15, 0.2) is 5.78 Å². The van der Waals surface area contributed by atoms with Gasteiger partial charge < -0.3 is 4.98 Å². The van der Waals surface area contributed by atoms with Gasteiger partial charge in [0, 0.05) is 53.3 Å². The number of halogens is 1. The van der Waals surface area contributed by atoms with Gasteiger partial charge in [-0.25, -0.2) is 9.97 Å². The molecule has 4 aromatic heterocycles. The summed E-state index contributed by atoms with van der Waals surface area (Å²) in [5, 5.41) is 0.665. The Hall–Kier alpha value is -3.41. The van der Waals surface area contributed by atoms with Crippen molar-refractivity contribution in [1.82, 2.24) is 19.9 Å². The van der Waals surface area contributed by atoms with Gasteiger partial charge in [0.2, 0.25) is 5.95 Å². The smallest absolute Gasteiger partial charge is 0.224 e. The summed E-state index contributed by atoms with van der Waals surface area (Å²) >= 11 is 0. The minimum absolute atomic E-state index is 0.0456. The third-order valence-electron chi connectivity index (χ3n) is 5.08. The summed E-state index contributed by atoms with van der Waals surface area (Å²) in [6.45, 7) is 0. The number of rotatable bonds is 5. The molecule has 0 amide bonds. The SMILES string of the molecule is O=C(c1ccc(Cc2ccc(C3CC3)nc2)nc1F)c1c[nH]c2ncccc12. The van der Waals surface area contributed by atoms with Crippen LogP contribution in [0.1, 0.15) is 51.6 Å². The highest BCUT2D eigenvalue weighted by Crippen LogP contribution is 2.38. The Bertz CT molecular complexity index is 1180. The molecule has 5 rings (SSSR count). The molecule has 1 fully saturated rings. The van der Waals surface area contributed by atoms with Crippen LogP contribution in [-0.4, -0.2) is 25.7 Å². The fraction of sp³-hybridized carbons (Fsp3) is 0.182. The van der Waals surface area contributed by atoms with Crippen molar-refractivity contribution in [3.05, 3.63) is 89.0 Å². The van der Waals surface area contributed by atoms with E-state index in [0.717, 1.165) is 11.3 Å². The van der Waals surface area contributed by atoms with E-state index in [2.05, 4.69) is 19.9 Å². The molecule has 0 atom stereocenters. The Morgan fingerprint density at radius 1 is 1.11 bits per heavy atom. The lowest BCUT2D eigenvalue weighted by Crippen LogP contribution is -2.07. The van der Waals surface area contributed by atoms with E-state index in [4.69, 9.17) is 0 Å². The van der Waals surface area contributed by atoms with Gasteiger partial charge in [-0.2, -0.15) is 4.39 Å². The zero-order valence-corrected chi connectivity index (χ0v) is 15.0. The van der Waals surface area contributed by atoms with Crippen molar-refractivity contribution in [2.75, 3.05) is 0 Å². The van der Waals surface area contributed by atoms with Gasteiger partial charge in [-0.05, 0) is 48.7 Å². The van der Waals surface area contributed by atoms with Gasteiger partial charge in [0.1, 0.15) is 5.65 Å². The highest BCUT2D eigenvalue weighted by Gasteiger charge is 2.24. The minimum Gasteiger partial charge on any atom is -0.345 e. The molecular weight excluding hydrogens is 355 g/mol. The molecule has 1 saturated carbocycles. The molecule has 6 heteroatoms. The quantitative estimate of drug-likeness (QED) is 0.421. The van der Waals surface area contributed by atoms with Crippen molar-refractivity contribution in [1.29, 1.82) is 0 Å². The lowest BCUT2D eigenvalue weighted by Gasteiger charge is -2.06. The van der Waals surface area contributed by atoms with E-state index in [1.54, 1.807) is 30.6 Å². The van der Waals surface area contributed by atoms with Gasteiger partial charge in [-0.3, -0.25) is 9.78 Å². The number of aromatic nitrogens is 4. The summed E-state index contributed by atoms with van der Waals surface area (Å²) in [6.07, 6.45) is 7.91. The Morgan fingerprint density at radius 3 is 2.75 bits per heavy atom. The minimum atomic E-state index is -0.761. The van der Waals surface area contributed by atoms with Gasteiger partial charge in [0.05, 0.1) is 5.56 Å². The number of hydrogen-bond donors (Lipinski definition) is 1. The van der Waals surface area contributed by atoms with Crippen molar-refractivity contribution in [2.24, 2.45) is 0 Å². The molecule has 0 unspecified atom stereocenters. The van der Waals surface area contributed by atoms with Crippen LogP contribution in [0.3, 0.4) is 0 Å². The van der Waals surface area contributed by atoms with Gasteiger partial charge in [-0.1, -0.05) is 6.07 Å². The number of aromatic amines is 1. The molecule has 1 aliphatic rings. The van der Waals surface area contributed by atoms with Crippen LogP contribution in [-0.2, 0) is 6.42 Å². The Morgan fingerprint density at radius 2 is 2.00 bits per heavy atom. The monoisotopic (exact) mass is 372 g/mol. The Labute approximate surface area is 160 Å². The van der Waals surface area contributed by atoms with Crippen molar-refractivity contribution in [3.8, 4) is 0 Å². The zero-order valence-electron chi connectivity index (χ0n) is 15.0. The maximum Gasteiger partial charge on any atom is 0.224 e. The second-order valence-corrected chi connectivity index (χ2v) is 7.11. The van der Waals surface area contributed by atoms with Crippen LogP contribution in [0.4, 0.5) is 4.39 Å². The fourth-order valence-corrected chi connectivity index (χ4v) is 3.40. The summed E-state index contributed by atoms with van der Waals surface area (Å²) in [4.78, 5) is 28.4. The molecular formula is C22H17FN4O. The molecule has 0 spiro atoms. The van der Waals surface area contributed by atoms with Crippen LogP contribution in [0, 0.1) is 5.95 Å². The average Bonchev–Trinajstić information content (AvgIpc) is 3.47. The van der Waals surface area contributed by atoms with Crippen LogP contribution in [0.5, 0.6) is 0 Å². The number of ketones is 1. The molecule has 4 heterocycles. The van der Waals surface area contributed by atoms with Crippen molar-refractivity contribution in [2.45, 2.75) is 25.2 Å². The predicted molar refractivity (Wildman–Crippen MR) is 103 cm³/mol. The molecule has 1 aliphatic carbocycles. The topological polar surface area (TPSA) is 71.5 Å². The number of hydrogen-bond acceptors (Lipinski definition) is 4. The molecule has 0 aromatic carbocycles. The molecule has 138 valence electrons. The van der Waals surface area contributed by atoms with Crippen LogP contribution < -0.4 is 0 Å². The van der Waals surface area contributed by atoms with Crippen LogP contribution >= 0.6 is 0 Å². The van der Waals surface area contributed by atoms with Gasteiger partial charge in [-0.15, -0.1) is 0 Å². The lowest BCUT2D eigenvalue weighted by atomic mass is 10.0. The third-order valence-corrected chi connectivity index (χ3v) is 5.08. The number of fused-ring (bicyclic) bond motifs is 1. The lowest BCUT2D eigenvalue weighted by molar-refractivity contribution is 0.103. The zero-order chi connectivity index (χ0) is 19.1. The molecule has 4 aromatic rings. The highest BCUT2D eigenvalue weighted by atomic mass is 19.1. The fourth-order valence-electron chi connectivity index (χ4n) is 3.40. The molecule has 0 bridgehead atoms. The van der Waals surface area contributed by atoms with Gasteiger partial charge >= 0.3 is 0 Å². The number of H-pyrrole nitrogens is 1. The summed E-state index contributed by atoms with van der Waals surface area (Å²) in [5.74, 6) is -0.566. The third kappa shape index (κ3) is 3.07. The average molecular weight is 372 g/mol. The predicted octanol–water partition coefficient (Wildman–Crippen LogP) is 4.19. The molecule has 0 saturated heterocycles. The normalized spacial score (nSPS) is 13.8. The van der Waals surface area contributed by atoms with E-state index in [1.807, 2.05) is 18.3 Å². The summed E-state index contributed by atoms with van der Waals surface area (Å²) < 4.78 is 14.6. The number of pyridine rings is 3. The second kappa shape index (κ2) is 6.64. The highest BCUT2D eigenvalue weighted by molar-refractivity contribution is 6.15.